The van der Waals surface area contributed by atoms with Crippen molar-refractivity contribution in [3.63, 3.8) is 0 Å². The fraction of sp³-hybridized carbons (Fsp3) is 0.111. The van der Waals surface area contributed by atoms with E-state index in [4.69, 9.17) is 9.47 Å². The van der Waals surface area contributed by atoms with Crippen molar-refractivity contribution in [2.24, 2.45) is 0 Å². The van der Waals surface area contributed by atoms with Crippen LogP contribution in [0.5, 0.6) is 17.2 Å². The predicted octanol–water partition coefficient (Wildman–Crippen LogP) is 3.20. The van der Waals surface area contributed by atoms with Gasteiger partial charge in [0.15, 0.2) is 11.5 Å². The SMILES string of the molecule is COc1cc(C=C(C#N)C(=O)c2ccccc2)cc(OC)c1O. The highest BCUT2D eigenvalue weighted by molar-refractivity contribution is 6.14. The topological polar surface area (TPSA) is 79.5 Å². The molecule has 0 heterocycles. The Morgan fingerprint density at radius 1 is 1.13 bits per heavy atom. The molecule has 0 spiro atoms. The quantitative estimate of drug-likeness (QED) is 0.521. The predicted molar refractivity (Wildman–Crippen MR) is 85.6 cm³/mol. The van der Waals surface area contributed by atoms with Gasteiger partial charge in [0.2, 0.25) is 11.5 Å². The number of phenols is 1. The lowest BCUT2D eigenvalue weighted by Gasteiger charge is -2.09. The highest BCUT2D eigenvalue weighted by Crippen LogP contribution is 2.37. The lowest BCUT2D eigenvalue weighted by molar-refractivity contribution is 0.104. The standard InChI is InChI=1S/C18H15NO4/c1-22-15-9-12(10-16(23-2)18(15)21)8-14(11-19)17(20)13-6-4-3-5-7-13/h3-10,21H,1-2H3. The van der Waals surface area contributed by atoms with Gasteiger partial charge < -0.3 is 14.6 Å². The summed E-state index contributed by atoms with van der Waals surface area (Å²) < 4.78 is 10.1. The number of ether oxygens (including phenoxy) is 2. The van der Waals surface area contributed by atoms with Gasteiger partial charge in [-0.15, -0.1) is 0 Å². The van der Waals surface area contributed by atoms with Crippen LogP contribution < -0.4 is 9.47 Å². The van der Waals surface area contributed by atoms with E-state index in [2.05, 4.69) is 0 Å². The number of hydrogen-bond acceptors (Lipinski definition) is 5. The van der Waals surface area contributed by atoms with Crippen LogP contribution in [0.15, 0.2) is 48.0 Å². The van der Waals surface area contributed by atoms with Crippen LogP contribution in [0.25, 0.3) is 6.08 Å². The van der Waals surface area contributed by atoms with Crippen LogP contribution in [0.2, 0.25) is 0 Å². The minimum atomic E-state index is -0.376. The highest BCUT2D eigenvalue weighted by Gasteiger charge is 2.14. The normalized spacial score (nSPS) is 10.7. The molecule has 0 saturated carbocycles. The van der Waals surface area contributed by atoms with E-state index in [1.807, 2.05) is 6.07 Å². The summed E-state index contributed by atoms with van der Waals surface area (Å²) in [5.41, 5.74) is 0.918. The smallest absolute Gasteiger partial charge is 0.203 e. The number of phenolic OH excluding ortho intramolecular Hbond substituents is 1. The number of carbonyl (C=O) groups excluding carboxylic acids is 1. The first-order chi connectivity index (χ1) is 11.1. The van der Waals surface area contributed by atoms with Crippen molar-refractivity contribution < 1.29 is 19.4 Å². The molecule has 0 aliphatic heterocycles. The maximum Gasteiger partial charge on any atom is 0.203 e. The molecular formula is C18H15NO4. The zero-order valence-electron chi connectivity index (χ0n) is 12.7. The van der Waals surface area contributed by atoms with E-state index >= 15 is 0 Å². The average molecular weight is 309 g/mol. The first-order valence-electron chi connectivity index (χ1n) is 6.77. The number of Topliss-reactive ketones (excluding diaryl/α,β-unsaturated/α-hetero) is 1. The molecule has 0 aliphatic carbocycles. The summed E-state index contributed by atoms with van der Waals surface area (Å²) in [6, 6.07) is 13.5. The Bertz CT molecular complexity index is 763. The Balaban J connectivity index is 2.47. The number of carbonyl (C=O) groups is 1. The van der Waals surface area contributed by atoms with E-state index < -0.39 is 0 Å². The second kappa shape index (κ2) is 7.14. The van der Waals surface area contributed by atoms with Crippen molar-refractivity contribution in [2.75, 3.05) is 14.2 Å². The summed E-state index contributed by atoms with van der Waals surface area (Å²) in [6.45, 7) is 0. The molecular weight excluding hydrogens is 294 g/mol. The minimum absolute atomic E-state index is 0.0222. The van der Waals surface area contributed by atoms with E-state index in [0.717, 1.165) is 0 Å². The summed E-state index contributed by atoms with van der Waals surface area (Å²) in [4.78, 5) is 12.4. The molecule has 5 heteroatoms. The maximum absolute atomic E-state index is 12.4. The van der Waals surface area contributed by atoms with Gasteiger partial charge in [0, 0.05) is 5.56 Å². The van der Waals surface area contributed by atoms with Gasteiger partial charge in [-0.1, -0.05) is 30.3 Å². The molecule has 0 saturated heterocycles. The zero-order valence-corrected chi connectivity index (χ0v) is 12.7. The number of nitrogens with zero attached hydrogens (tertiary/aromatic N) is 1. The Morgan fingerprint density at radius 2 is 1.70 bits per heavy atom. The monoisotopic (exact) mass is 309 g/mol. The van der Waals surface area contributed by atoms with Gasteiger partial charge in [0.25, 0.3) is 0 Å². The van der Waals surface area contributed by atoms with E-state index in [0.29, 0.717) is 11.1 Å². The largest absolute Gasteiger partial charge is 0.502 e. The number of benzene rings is 2. The molecule has 5 nitrogen and oxygen atoms in total. The Morgan fingerprint density at radius 3 is 2.17 bits per heavy atom. The number of methoxy groups -OCH3 is 2. The molecule has 0 atom stereocenters. The fourth-order valence-corrected chi connectivity index (χ4v) is 2.06. The summed E-state index contributed by atoms with van der Waals surface area (Å²) >= 11 is 0. The lowest BCUT2D eigenvalue weighted by atomic mass is 10.0. The third kappa shape index (κ3) is 3.50. The van der Waals surface area contributed by atoms with Gasteiger partial charge in [-0.05, 0) is 23.8 Å². The van der Waals surface area contributed by atoms with Crippen LogP contribution in [0.4, 0.5) is 0 Å². The van der Waals surface area contributed by atoms with Crippen molar-refractivity contribution in [3.8, 4) is 23.3 Å². The summed E-state index contributed by atoms with van der Waals surface area (Å²) in [6.07, 6.45) is 1.43. The Kier molecular flexibility index (Phi) is 5.00. The number of allylic oxidation sites excluding steroid dienone is 1. The van der Waals surface area contributed by atoms with Crippen LogP contribution >= 0.6 is 0 Å². The molecule has 2 aromatic rings. The lowest BCUT2D eigenvalue weighted by Crippen LogP contribution is -2.01. The maximum atomic E-state index is 12.4. The van der Waals surface area contributed by atoms with Crippen LogP contribution in [0.1, 0.15) is 15.9 Å². The number of ketones is 1. The number of aromatic hydroxyl groups is 1. The van der Waals surface area contributed by atoms with Crippen molar-refractivity contribution in [1.82, 2.24) is 0 Å². The van der Waals surface area contributed by atoms with Gasteiger partial charge in [-0.3, -0.25) is 4.79 Å². The first-order valence-corrected chi connectivity index (χ1v) is 6.77. The summed E-state index contributed by atoms with van der Waals surface area (Å²) in [5, 5.41) is 19.2. The fourth-order valence-electron chi connectivity index (χ4n) is 2.06. The summed E-state index contributed by atoms with van der Waals surface area (Å²) in [7, 11) is 2.81. The molecule has 2 rings (SSSR count). The van der Waals surface area contributed by atoms with Crippen molar-refractivity contribution in [1.29, 1.82) is 5.26 Å². The second-order valence-corrected chi connectivity index (χ2v) is 4.64. The molecule has 116 valence electrons. The van der Waals surface area contributed by atoms with E-state index in [-0.39, 0.29) is 28.6 Å². The van der Waals surface area contributed by atoms with Crippen molar-refractivity contribution >= 4 is 11.9 Å². The van der Waals surface area contributed by atoms with Crippen LogP contribution in [0.3, 0.4) is 0 Å². The van der Waals surface area contributed by atoms with Gasteiger partial charge in [-0.2, -0.15) is 5.26 Å². The first kappa shape index (κ1) is 16.1. The zero-order chi connectivity index (χ0) is 16.8. The van der Waals surface area contributed by atoms with Crippen LogP contribution in [0, 0.1) is 11.3 Å². The molecule has 23 heavy (non-hydrogen) atoms. The van der Waals surface area contributed by atoms with E-state index in [1.165, 1.54) is 32.4 Å². The molecule has 0 aromatic heterocycles. The van der Waals surface area contributed by atoms with Crippen molar-refractivity contribution in [3.05, 3.63) is 59.2 Å². The Hall–Kier alpha value is -3.26. The van der Waals surface area contributed by atoms with Crippen LogP contribution in [-0.4, -0.2) is 25.1 Å². The van der Waals surface area contributed by atoms with E-state index in [9.17, 15) is 15.2 Å². The molecule has 2 aromatic carbocycles. The number of rotatable bonds is 5. The van der Waals surface area contributed by atoms with E-state index in [1.54, 1.807) is 30.3 Å². The second-order valence-electron chi connectivity index (χ2n) is 4.64. The molecule has 0 radical (unpaired) electrons. The third-order valence-corrected chi connectivity index (χ3v) is 3.21. The molecule has 0 bridgehead atoms. The van der Waals surface area contributed by atoms with Gasteiger partial charge in [0.1, 0.15) is 11.6 Å². The third-order valence-electron chi connectivity index (χ3n) is 3.21. The highest BCUT2D eigenvalue weighted by atomic mass is 16.5. The number of nitriles is 1. The molecule has 0 aliphatic rings. The number of hydrogen-bond donors (Lipinski definition) is 1. The molecule has 0 unspecified atom stereocenters. The molecule has 0 fully saturated rings. The molecule has 1 N–H and O–H groups in total. The van der Waals surface area contributed by atoms with Gasteiger partial charge in [0.05, 0.1) is 14.2 Å². The summed E-state index contributed by atoms with van der Waals surface area (Å²) in [5.74, 6) is -0.126. The van der Waals surface area contributed by atoms with Gasteiger partial charge in [-0.25, -0.2) is 0 Å². The minimum Gasteiger partial charge on any atom is -0.502 e. The van der Waals surface area contributed by atoms with Crippen LogP contribution in [-0.2, 0) is 0 Å². The average Bonchev–Trinajstić information content (AvgIpc) is 2.60. The van der Waals surface area contributed by atoms with Crippen molar-refractivity contribution in [2.45, 2.75) is 0 Å². The Labute approximate surface area is 134 Å². The molecule has 0 amide bonds. The van der Waals surface area contributed by atoms with Gasteiger partial charge >= 0.3 is 0 Å².